The molecule has 0 saturated heterocycles. The highest BCUT2D eigenvalue weighted by Gasteiger charge is 2.30. The van der Waals surface area contributed by atoms with Crippen LogP contribution < -0.4 is 4.74 Å². The van der Waals surface area contributed by atoms with Crippen molar-refractivity contribution in [1.82, 2.24) is 0 Å². The third-order valence-electron chi connectivity index (χ3n) is 1.53. The van der Waals surface area contributed by atoms with E-state index in [0.29, 0.717) is 0 Å². The minimum Gasteiger partial charge on any atom is -0.482 e. The molecule has 0 aliphatic carbocycles. The van der Waals surface area contributed by atoms with E-state index in [1.165, 1.54) is 12.1 Å². The van der Waals surface area contributed by atoms with Crippen LogP contribution in [0.15, 0.2) is 24.3 Å². The van der Waals surface area contributed by atoms with Gasteiger partial charge in [-0.15, -0.1) is 6.42 Å². The van der Waals surface area contributed by atoms with Crippen molar-refractivity contribution in [2.45, 2.75) is 6.18 Å². The Bertz CT molecular complexity index is 368. The smallest absolute Gasteiger partial charge is 0.416 e. The van der Waals surface area contributed by atoms with E-state index in [0.717, 1.165) is 23.9 Å². The van der Waals surface area contributed by atoms with Crippen LogP contribution in [0.2, 0.25) is 0 Å². The van der Waals surface area contributed by atoms with E-state index in [1.54, 1.807) is 0 Å². The van der Waals surface area contributed by atoms with E-state index >= 15 is 0 Å². The number of hydrogen-bond donors (Lipinski definition) is 0. The quantitative estimate of drug-likeness (QED) is 0.449. The molecule has 0 aromatic heterocycles. The number of halogens is 3. The molecule has 0 bridgehead atoms. The monoisotopic (exact) mass is 232 g/mol. The Morgan fingerprint density at radius 3 is 2.73 bits per heavy atom. The molecule has 0 atom stereocenters. The Labute approximate surface area is 89.6 Å². The van der Waals surface area contributed by atoms with Crippen LogP contribution >= 0.6 is 11.8 Å². The van der Waals surface area contributed by atoms with Gasteiger partial charge in [-0.1, -0.05) is 6.07 Å². The fourth-order valence-corrected chi connectivity index (χ4v) is 1.16. The summed E-state index contributed by atoms with van der Waals surface area (Å²) >= 11 is 1.04. The van der Waals surface area contributed by atoms with Gasteiger partial charge in [0.25, 0.3) is 0 Å². The lowest BCUT2D eigenvalue weighted by Gasteiger charge is -2.08. The Morgan fingerprint density at radius 2 is 2.13 bits per heavy atom. The Hall–Kier alpha value is -1.28. The molecule has 1 aromatic rings. The third-order valence-corrected chi connectivity index (χ3v) is 1.93. The number of terminal acetylenes is 1. The Balaban J connectivity index is 2.71. The average Bonchev–Trinajstić information content (AvgIpc) is 2.17. The van der Waals surface area contributed by atoms with Gasteiger partial charge in [0.2, 0.25) is 0 Å². The van der Waals surface area contributed by atoms with Crippen LogP contribution in [0.4, 0.5) is 13.2 Å². The largest absolute Gasteiger partial charge is 0.482 e. The molecule has 0 radical (unpaired) electrons. The second-order valence-corrected chi connectivity index (χ2v) is 3.31. The normalized spacial score (nSPS) is 10.8. The third kappa shape index (κ3) is 3.76. The number of hydrogen-bond acceptors (Lipinski definition) is 2. The molecule has 0 spiro atoms. The molecule has 0 amide bonds. The summed E-state index contributed by atoms with van der Waals surface area (Å²) in [7, 11) is 0. The summed E-state index contributed by atoms with van der Waals surface area (Å²) in [5.41, 5.74) is -0.731. The zero-order valence-corrected chi connectivity index (χ0v) is 8.36. The van der Waals surface area contributed by atoms with Gasteiger partial charge in [-0.2, -0.15) is 13.2 Å². The minimum atomic E-state index is -4.35. The summed E-state index contributed by atoms with van der Waals surface area (Å²) in [5, 5.41) is 2.25. The predicted octanol–water partition coefficient (Wildman–Crippen LogP) is 3.37. The van der Waals surface area contributed by atoms with E-state index in [-0.39, 0.29) is 11.7 Å². The van der Waals surface area contributed by atoms with Crippen molar-refractivity contribution >= 4 is 11.8 Å². The summed E-state index contributed by atoms with van der Waals surface area (Å²) in [6.07, 6.45) is 0.596. The maximum Gasteiger partial charge on any atom is 0.416 e. The minimum absolute atomic E-state index is 0.137. The summed E-state index contributed by atoms with van der Waals surface area (Å²) in [6.45, 7) is 0. The van der Waals surface area contributed by atoms with Crippen LogP contribution in [0.25, 0.3) is 0 Å². The highest BCUT2D eigenvalue weighted by Crippen LogP contribution is 2.31. The van der Waals surface area contributed by atoms with E-state index in [9.17, 15) is 13.2 Å². The maximum absolute atomic E-state index is 12.3. The first-order valence-corrected chi connectivity index (χ1v) is 4.90. The van der Waals surface area contributed by atoms with Crippen LogP contribution in [0, 0.1) is 11.7 Å². The molecule has 0 aliphatic heterocycles. The van der Waals surface area contributed by atoms with Crippen LogP contribution in [0.5, 0.6) is 5.75 Å². The zero-order valence-electron chi connectivity index (χ0n) is 7.54. The SMILES string of the molecule is C#CSCOc1cccc(C(F)(F)F)c1. The Morgan fingerprint density at radius 1 is 1.40 bits per heavy atom. The van der Waals surface area contributed by atoms with Gasteiger partial charge in [-0.25, -0.2) is 0 Å². The predicted molar refractivity (Wildman–Crippen MR) is 53.4 cm³/mol. The first kappa shape index (κ1) is 11.8. The van der Waals surface area contributed by atoms with Crippen molar-refractivity contribution in [3.8, 4) is 17.4 Å². The maximum atomic E-state index is 12.3. The number of alkyl halides is 3. The van der Waals surface area contributed by atoms with Gasteiger partial charge in [0.1, 0.15) is 11.7 Å². The van der Waals surface area contributed by atoms with E-state index in [1.807, 2.05) is 0 Å². The molecule has 0 fully saturated rings. The summed E-state index contributed by atoms with van der Waals surface area (Å²) in [6, 6.07) is 4.67. The molecule has 1 nitrogen and oxygen atoms in total. The van der Waals surface area contributed by atoms with Gasteiger partial charge in [-0.3, -0.25) is 0 Å². The highest BCUT2D eigenvalue weighted by molar-refractivity contribution is 8.03. The topological polar surface area (TPSA) is 9.23 Å². The number of rotatable bonds is 3. The summed E-state index contributed by atoms with van der Waals surface area (Å²) in [4.78, 5) is 0. The molecule has 80 valence electrons. The number of thioether (sulfide) groups is 1. The lowest BCUT2D eigenvalue weighted by Crippen LogP contribution is -2.05. The second-order valence-electron chi connectivity index (χ2n) is 2.55. The molecule has 0 N–H and O–H groups in total. The van der Waals surface area contributed by atoms with Gasteiger partial charge >= 0.3 is 6.18 Å². The molecule has 0 heterocycles. The molecule has 1 rings (SSSR count). The lowest BCUT2D eigenvalue weighted by atomic mass is 10.2. The van der Waals surface area contributed by atoms with Crippen molar-refractivity contribution in [3.63, 3.8) is 0 Å². The van der Waals surface area contributed by atoms with Crippen molar-refractivity contribution in [2.24, 2.45) is 0 Å². The first-order chi connectivity index (χ1) is 7.04. The Kier molecular flexibility index (Phi) is 3.92. The fraction of sp³-hybridized carbons (Fsp3) is 0.200. The molecule has 1 aromatic carbocycles. The molecule has 15 heavy (non-hydrogen) atoms. The molecular weight excluding hydrogens is 225 g/mol. The van der Waals surface area contributed by atoms with Crippen molar-refractivity contribution in [3.05, 3.63) is 29.8 Å². The fourth-order valence-electron chi connectivity index (χ4n) is 0.894. The van der Waals surface area contributed by atoms with Crippen molar-refractivity contribution in [2.75, 3.05) is 5.94 Å². The van der Waals surface area contributed by atoms with E-state index in [4.69, 9.17) is 11.2 Å². The second kappa shape index (κ2) is 4.99. The van der Waals surface area contributed by atoms with Crippen LogP contribution in [0.1, 0.15) is 5.56 Å². The van der Waals surface area contributed by atoms with Crippen LogP contribution in [-0.4, -0.2) is 5.94 Å². The molecule has 5 heteroatoms. The summed E-state index contributed by atoms with van der Waals surface area (Å²) in [5.74, 6) is 0.297. The highest BCUT2D eigenvalue weighted by atomic mass is 32.2. The van der Waals surface area contributed by atoms with E-state index < -0.39 is 11.7 Å². The van der Waals surface area contributed by atoms with Gasteiger partial charge in [0.15, 0.2) is 0 Å². The van der Waals surface area contributed by atoms with E-state index in [2.05, 4.69) is 5.25 Å². The van der Waals surface area contributed by atoms with Gasteiger partial charge in [0.05, 0.1) is 5.56 Å². The van der Waals surface area contributed by atoms with Crippen molar-refractivity contribution in [1.29, 1.82) is 0 Å². The standard InChI is InChI=1S/C10H7F3OS/c1-2-15-7-14-9-5-3-4-8(6-9)10(11,12)13/h1,3-6H,7H2. The molecular formula is C10H7F3OS. The number of benzene rings is 1. The average molecular weight is 232 g/mol. The molecule has 0 unspecified atom stereocenters. The van der Waals surface area contributed by atoms with Gasteiger partial charge < -0.3 is 4.74 Å². The van der Waals surface area contributed by atoms with Gasteiger partial charge in [0, 0.05) is 0 Å². The van der Waals surface area contributed by atoms with Crippen LogP contribution in [0.3, 0.4) is 0 Å². The molecule has 0 saturated carbocycles. The zero-order chi connectivity index (χ0) is 11.3. The van der Waals surface area contributed by atoms with Crippen LogP contribution in [-0.2, 0) is 6.18 Å². The van der Waals surface area contributed by atoms with Gasteiger partial charge in [-0.05, 0) is 35.2 Å². The first-order valence-electron chi connectivity index (χ1n) is 3.91. The van der Waals surface area contributed by atoms with Crippen molar-refractivity contribution < 1.29 is 17.9 Å². The summed E-state index contributed by atoms with van der Waals surface area (Å²) < 4.78 is 41.8. The number of ether oxygens (including phenoxy) is 1. The molecule has 0 aliphatic rings. The lowest BCUT2D eigenvalue weighted by molar-refractivity contribution is -0.137.